The van der Waals surface area contributed by atoms with E-state index in [1.54, 1.807) is 0 Å². The molecule has 1 aliphatic rings. The monoisotopic (exact) mass is 172 g/mol. The number of rotatable bonds is 1. The molecule has 0 N–H and O–H groups in total. The Morgan fingerprint density at radius 1 is 1.31 bits per heavy atom. The van der Waals surface area contributed by atoms with E-state index in [9.17, 15) is 0 Å². The van der Waals surface area contributed by atoms with E-state index in [1.807, 2.05) is 0 Å². The second-order valence-corrected chi connectivity index (χ2v) is 3.39. The Morgan fingerprint density at radius 2 is 2.08 bits per heavy atom. The first kappa shape index (κ1) is 8.28. The van der Waals surface area contributed by atoms with Crippen molar-refractivity contribution in [3.8, 4) is 6.07 Å². The van der Waals surface area contributed by atoms with Crippen molar-refractivity contribution in [1.29, 1.82) is 5.26 Å². The fourth-order valence-corrected chi connectivity index (χ4v) is 1.79. The number of hydrogen-bond donors (Lipinski definition) is 0. The van der Waals surface area contributed by atoms with Crippen LogP contribution in [0.1, 0.15) is 11.1 Å². The first-order chi connectivity index (χ1) is 6.40. The van der Waals surface area contributed by atoms with Gasteiger partial charge in [-0.2, -0.15) is 5.26 Å². The minimum absolute atomic E-state index is 0.550. The zero-order chi connectivity index (χ0) is 9.10. The Labute approximate surface area is 78.4 Å². The molecule has 1 aliphatic heterocycles. The molecule has 0 aromatic heterocycles. The molecular formula is C11H12N2. The highest BCUT2D eigenvalue weighted by Gasteiger charge is 2.14. The summed E-state index contributed by atoms with van der Waals surface area (Å²) in [4.78, 5) is 2.18. The molecule has 0 unspecified atom stereocenters. The molecule has 0 aliphatic carbocycles. The third-order valence-corrected chi connectivity index (χ3v) is 2.50. The second-order valence-electron chi connectivity index (χ2n) is 3.39. The van der Waals surface area contributed by atoms with Gasteiger partial charge in [0.2, 0.25) is 0 Å². The Kier molecular flexibility index (Phi) is 2.29. The van der Waals surface area contributed by atoms with Gasteiger partial charge in [-0.1, -0.05) is 24.3 Å². The molecule has 66 valence electrons. The minimum atomic E-state index is 0.550. The van der Waals surface area contributed by atoms with Gasteiger partial charge in [-0.25, -0.2) is 0 Å². The van der Waals surface area contributed by atoms with Crippen LogP contribution in [0.25, 0.3) is 0 Å². The van der Waals surface area contributed by atoms with E-state index in [-0.39, 0.29) is 0 Å². The summed E-state index contributed by atoms with van der Waals surface area (Å²) >= 11 is 0. The highest BCUT2D eigenvalue weighted by molar-refractivity contribution is 5.29. The van der Waals surface area contributed by atoms with E-state index in [1.165, 1.54) is 11.1 Å². The van der Waals surface area contributed by atoms with Crippen LogP contribution >= 0.6 is 0 Å². The maximum absolute atomic E-state index is 8.57. The molecule has 1 aromatic carbocycles. The van der Waals surface area contributed by atoms with E-state index >= 15 is 0 Å². The third-order valence-electron chi connectivity index (χ3n) is 2.50. The molecule has 2 rings (SSSR count). The summed E-state index contributed by atoms with van der Waals surface area (Å²) < 4.78 is 0. The van der Waals surface area contributed by atoms with E-state index in [0.717, 1.165) is 19.5 Å². The highest BCUT2D eigenvalue weighted by atomic mass is 15.1. The maximum atomic E-state index is 8.57. The molecule has 0 saturated heterocycles. The molecule has 1 heterocycles. The van der Waals surface area contributed by atoms with Crippen LogP contribution in [0.15, 0.2) is 24.3 Å². The number of nitriles is 1. The van der Waals surface area contributed by atoms with E-state index in [4.69, 9.17) is 5.26 Å². The maximum Gasteiger partial charge on any atom is 0.0868 e. The summed E-state index contributed by atoms with van der Waals surface area (Å²) in [6.45, 7) is 2.50. The predicted molar refractivity (Wildman–Crippen MR) is 51.0 cm³/mol. The second kappa shape index (κ2) is 3.59. The van der Waals surface area contributed by atoms with Crippen molar-refractivity contribution in [3.63, 3.8) is 0 Å². The standard InChI is InChI=1S/C11H12N2/c12-6-8-13-7-5-10-3-1-2-4-11(10)9-13/h1-4H,5,7-9H2. The van der Waals surface area contributed by atoms with Crippen LogP contribution in [0.4, 0.5) is 0 Å². The van der Waals surface area contributed by atoms with E-state index < -0.39 is 0 Å². The topological polar surface area (TPSA) is 27.0 Å². The van der Waals surface area contributed by atoms with Gasteiger partial charge in [0.25, 0.3) is 0 Å². The SMILES string of the molecule is N#CCN1CCc2ccccc2C1. The van der Waals surface area contributed by atoms with Crippen molar-refractivity contribution in [1.82, 2.24) is 4.90 Å². The van der Waals surface area contributed by atoms with Crippen LogP contribution in [0.3, 0.4) is 0 Å². The van der Waals surface area contributed by atoms with Crippen molar-refractivity contribution < 1.29 is 0 Å². The summed E-state index contributed by atoms with van der Waals surface area (Å²) in [5.74, 6) is 0. The number of benzene rings is 1. The molecule has 0 fully saturated rings. The lowest BCUT2D eigenvalue weighted by atomic mass is 10.0. The summed E-state index contributed by atoms with van der Waals surface area (Å²) in [5, 5.41) is 8.57. The summed E-state index contributed by atoms with van der Waals surface area (Å²) in [7, 11) is 0. The van der Waals surface area contributed by atoms with Gasteiger partial charge in [0.1, 0.15) is 0 Å². The van der Waals surface area contributed by atoms with Gasteiger partial charge in [0.15, 0.2) is 0 Å². The normalized spacial score (nSPS) is 16.2. The highest BCUT2D eigenvalue weighted by Crippen LogP contribution is 2.17. The van der Waals surface area contributed by atoms with Gasteiger partial charge in [0, 0.05) is 13.1 Å². The molecule has 2 heteroatoms. The lowest BCUT2D eigenvalue weighted by molar-refractivity contribution is 0.285. The molecule has 0 spiro atoms. The largest absolute Gasteiger partial charge is 0.286 e. The van der Waals surface area contributed by atoms with Gasteiger partial charge in [0.05, 0.1) is 12.6 Å². The average molecular weight is 172 g/mol. The number of nitrogens with zero attached hydrogens (tertiary/aromatic N) is 2. The van der Waals surface area contributed by atoms with E-state index in [0.29, 0.717) is 6.54 Å². The number of fused-ring (bicyclic) bond motifs is 1. The van der Waals surface area contributed by atoms with Crippen molar-refractivity contribution in [2.24, 2.45) is 0 Å². The zero-order valence-corrected chi connectivity index (χ0v) is 7.53. The van der Waals surface area contributed by atoms with Gasteiger partial charge in [-0.05, 0) is 17.5 Å². The first-order valence-electron chi connectivity index (χ1n) is 4.56. The summed E-state index contributed by atoms with van der Waals surface area (Å²) in [5.41, 5.74) is 2.82. The fourth-order valence-electron chi connectivity index (χ4n) is 1.79. The Balaban J connectivity index is 2.16. The van der Waals surface area contributed by atoms with Gasteiger partial charge in [-0.15, -0.1) is 0 Å². The number of hydrogen-bond acceptors (Lipinski definition) is 2. The molecule has 0 amide bonds. The van der Waals surface area contributed by atoms with Crippen LogP contribution in [0.2, 0.25) is 0 Å². The van der Waals surface area contributed by atoms with Crippen molar-refractivity contribution in [3.05, 3.63) is 35.4 Å². The first-order valence-corrected chi connectivity index (χ1v) is 4.56. The molecular weight excluding hydrogens is 160 g/mol. The van der Waals surface area contributed by atoms with Crippen molar-refractivity contribution >= 4 is 0 Å². The molecule has 2 nitrogen and oxygen atoms in total. The van der Waals surface area contributed by atoms with Gasteiger partial charge < -0.3 is 0 Å². The minimum Gasteiger partial charge on any atom is -0.286 e. The Hall–Kier alpha value is -1.33. The van der Waals surface area contributed by atoms with Crippen LogP contribution in [0, 0.1) is 11.3 Å². The van der Waals surface area contributed by atoms with Crippen LogP contribution in [0.5, 0.6) is 0 Å². The van der Waals surface area contributed by atoms with Crippen molar-refractivity contribution in [2.75, 3.05) is 13.1 Å². The van der Waals surface area contributed by atoms with Crippen LogP contribution in [-0.4, -0.2) is 18.0 Å². The zero-order valence-electron chi connectivity index (χ0n) is 7.53. The lowest BCUT2D eigenvalue weighted by Gasteiger charge is -2.26. The molecule has 13 heavy (non-hydrogen) atoms. The van der Waals surface area contributed by atoms with E-state index in [2.05, 4.69) is 35.2 Å². The third kappa shape index (κ3) is 1.71. The molecule has 0 radical (unpaired) electrons. The quantitative estimate of drug-likeness (QED) is 0.601. The van der Waals surface area contributed by atoms with Crippen LogP contribution in [-0.2, 0) is 13.0 Å². The Bertz CT molecular complexity index is 338. The van der Waals surface area contributed by atoms with Crippen LogP contribution < -0.4 is 0 Å². The average Bonchev–Trinajstić information content (AvgIpc) is 2.18. The summed E-state index contributed by atoms with van der Waals surface area (Å²) in [6.07, 6.45) is 1.08. The Morgan fingerprint density at radius 3 is 2.85 bits per heavy atom. The lowest BCUT2D eigenvalue weighted by Crippen LogP contribution is -2.30. The smallest absolute Gasteiger partial charge is 0.0868 e. The van der Waals surface area contributed by atoms with Crippen molar-refractivity contribution in [2.45, 2.75) is 13.0 Å². The van der Waals surface area contributed by atoms with Gasteiger partial charge in [-0.3, -0.25) is 4.90 Å². The molecule has 0 atom stereocenters. The van der Waals surface area contributed by atoms with Gasteiger partial charge >= 0.3 is 0 Å². The summed E-state index contributed by atoms with van der Waals surface area (Å²) in [6, 6.07) is 10.7. The predicted octanol–water partition coefficient (Wildman–Crippen LogP) is 1.57. The fraction of sp³-hybridized carbons (Fsp3) is 0.364. The molecule has 0 bridgehead atoms. The molecule has 1 aromatic rings. The molecule has 0 saturated carbocycles.